The number of benzene rings is 1. The molecule has 7 heteroatoms. The molecule has 0 fully saturated rings. The Morgan fingerprint density at radius 1 is 1.44 bits per heavy atom. The molecule has 100 valence electrons. The maximum atomic E-state index is 11.9. The molecule has 0 aliphatic carbocycles. The quantitative estimate of drug-likeness (QED) is 0.814. The van der Waals surface area contributed by atoms with Crippen molar-refractivity contribution in [2.75, 3.05) is 12.8 Å². The summed E-state index contributed by atoms with van der Waals surface area (Å²) in [6.45, 7) is -0.0108. The highest BCUT2D eigenvalue weighted by molar-refractivity contribution is 5.76. The number of amides is 1. The highest BCUT2D eigenvalue weighted by Gasteiger charge is 2.30. The van der Waals surface area contributed by atoms with E-state index >= 15 is 0 Å². The lowest BCUT2D eigenvalue weighted by Crippen LogP contribution is -2.28. The molecule has 0 spiro atoms. The standard InChI is InChI=1S/C11H13F3N2O2/c1-18-9-3-2-7(4-8(9)15)6-16-10(17)5-11(12,13)14/h2-4H,5-6,15H2,1H3,(H,16,17). The topological polar surface area (TPSA) is 64.3 Å². The molecule has 0 radical (unpaired) electrons. The lowest BCUT2D eigenvalue weighted by atomic mass is 10.2. The van der Waals surface area contributed by atoms with Crippen LogP contribution in [0, 0.1) is 0 Å². The van der Waals surface area contributed by atoms with Crippen molar-refractivity contribution in [1.82, 2.24) is 5.32 Å². The molecule has 0 unspecified atom stereocenters. The van der Waals surface area contributed by atoms with Crippen molar-refractivity contribution in [1.29, 1.82) is 0 Å². The second-order valence-electron chi connectivity index (χ2n) is 3.64. The molecule has 1 aromatic rings. The summed E-state index contributed by atoms with van der Waals surface area (Å²) >= 11 is 0. The van der Waals surface area contributed by atoms with Gasteiger partial charge in [0.05, 0.1) is 12.8 Å². The Kier molecular flexibility index (Phi) is 4.41. The van der Waals surface area contributed by atoms with E-state index in [-0.39, 0.29) is 6.54 Å². The van der Waals surface area contributed by atoms with Crippen LogP contribution in [0.15, 0.2) is 18.2 Å². The molecular weight excluding hydrogens is 249 g/mol. The largest absolute Gasteiger partial charge is 0.495 e. The van der Waals surface area contributed by atoms with Crippen LogP contribution in [0.4, 0.5) is 18.9 Å². The van der Waals surface area contributed by atoms with Crippen molar-refractivity contribution in [3.63, 3.8) is 0 Å². The van der Waals surface area contributed by atoms with Crippen LogP contribution in [0.25, 0.3) is 0 Å². The van der Waals surface area contributed by atoms with E-state index in [2.05, 4.69) is 5.32 Å². The summed E-state index contributed by atoms with van der Waals surface area (Å²) < 4.78 is 40.6. The molecule has 0 bridgehead atoms. The fourth-order valence-electron chi connectivity index (χ4n) is 1.34. The monoisotopic (exact) mass is 262 g/mol. The number of carbonyl (C=O) groups is 1. The Bertz CT molecular complexity index is 433. The Balaban J connectivity index is 2.54. The number of hydrogen-bond donors (Lipinski definition) is 2. The molecule has 3 N–H and O–H groups in total. The zero-order chi connectivity index (χ0) is 13.8. The van der Waals surface area contributed by atoms with Crippen LogP contribution < -0.4 is 15.8 Å². The van der Waals surface area contributed by atoms with Crippen molar-refractivity contribution >= 4 is 11.6 Å². The van der Waals surface area contributed by atoms with E-state index in [1.54, 1.807) is 12.1 Å². The predicted molar refractivity (Wildman–Crippen MR) is 59.9 cm³/mol. The SMILES string of the molecule is COc1ccc(CNC(=O)CC(F)(F)F)cc1N. The molecule has 0 aromatic heterocycles. The van der Waals surface area contributed by atoms with Crippen LogP contribution in [0.1, 0.15) is 12.0 Å². The van der Waals surface area contributed by atoms with Gasteiger partial charge in [0.25, 0.3) is 0 Å². The normalized spacial score (nSPS) is 11.1. The summed E-state index contributed by atoms with van der Waals surface area (Å²) in [6.07, 6.45) is -5.98. The van der Waals surface area contributed by atoms with Gasteiger partial charge in [0.1, 0.15) is 12.2 Å². The van der Waals surface area contributed by atoms with Gasteiger partial charge in [-0.2, -0.15) is 13.2 Å². The lowest BCUT2D eigenvalue weighted by Gasteiger charge is -2.09. The number of ether oxygens (including phenoxy) is 1. The zero-order valence-electron chi connectivity index (χ0n) is 9.67. The van der Waals surface area contributed by atoms with Gasteiger partial charge in [0.2, 0.25) is 5.91 Å². The van der Waals surface area contributed by atoms with Gasteiger partial charge >= 0.3 is 6.18 Å². The second-order valence-corrected chi connectivity index (χ2v) is 3.64. The van der Waals surface area contributed by atoms with Crippen molar-refractivity contribution < 1.29 is 22.7 Å². The molecule has 1 aromatic carbocycles. The van der Waals surface area contributed by atoms with Gasteiger partial charge in [-0.3, -0.25) is 4.79 Å². The number of halogens is 3. The summed E-state index contributed by atoms with van der Waals surface area (Å²) in [7, 11) is 1.45. The summed E-state index contributed by atoms with van der Waals surface area (Å²) in [5.41, 5.74) is 6.58. The second kappa shape index (κ2) is 5.61. The summed E-state index contributed by atoms with van der Waals surface area (Å²) in [4.78, 5) is 11.0. The fourth-order valence-corrected chi connectivity index (χ4v) is 1.34. The van der Waals surface area contributed by atoms with E-state index in [0.29, 0.717) is 17.0 Å². The third-order valence-electron chi connectivity index (χ3n) is 2.14. The first-order valence-electron chi connectivity index (χ1n) is 5.07. The smallest absolute Gasteiger partial charge is 0.397 e. The fraction of sp³-hybridized carbons (Fsp3) is 0.364. The molecule has 0 aliphatic heterocycles. The van der Waals surface area contributed by atoms with Gasteiger partial charge in [0.15, 0.2) is 0 Å². The average molecular weight is 262 g/mol. The van der Waals surface area contributed by atoms with E-state index in [4.69, 9.17) is 10.5 Å². The molecule has 0 atom stereocenters. The van der Waals surface area contributed by atoms with Crippen LogP contribution in [0.2, 0.25) is 0 Å². The van der Waals surface area contributed by atoms with Gasteiger partial charge in [0, 0.05) is 6.54 Å². The summed E-state index contributed by atoms with van der Waals surface area (Å²) in [6, 6.07) is 4.73. The van der Waals surface area contributed by atoms with E-state index < -0.39 is 18.5 Å². The van der Waals surface area contributed by atoms with Crippen molar-refractivity contribution in [3.05, 3.63) is 23.8 Å². The highest BCUT2D eigenvalue weighted by Crippen LogP contribution is 2.22. The molecule has 1 amide bonds. The van der Waals surface area contributed by atoms with Gasteiger partial charge in [-0.05, 0) is 17.7 Å². The number of nitrogens with two attached hydrogens (primary N) is 1. The molecule has 18 heavy (non-hydrogen) atoms. The first-order chi connectivity index (χ1) is 8.31. The van der Waals surface area contributed by atoms with Crippen LogP contribution in [-0.4, -0.2) is 19.2 Å². The van der Waals surface area contributed by atoms with Crippen molar-refractivity contribution in [2.24, 2.45) is 0 Å². The maximum absolute atomic E-state index is 11.9. The first kappa shape index (κ1) is 14.1. The Labute approximate surface area is 102 Å². The number of carbonyl (C=O) groups excluding carboxylic acids is 1. The van der Waals surface area contributed by atoms with Gasteiger partial charge in [-0.1, -0.05) is 6.07 Å². The van der Waals surface area contributed by atoms with Gasteiger partial charge in [-0.25, -0.2) is 0 Å². The van der Waals surface area contributed by atoms with Crippen LogP contribution in [0.5, 0.6) is 5.75 Å². The van der Waals surface area contributed by atoms with Crippen LogP contribution in [-0.2, 0) is 11.3 Å². The molecular formula is C11H13F3N2O2. The minimum Gasteiger partial charge on any atom is -0.495 e. The van der Waals surface area contributed by atoms with Gasteiger partial charge in [-0.15, -0.1) is 0 Å². The Morgan fingerprint density at radius 2 is 2.11 bits per heavy atom. The molecule has 1 rings (SSSR count). The number of nitrogens with one attached hydrogen (secondary N) is 1. The molecule has 4 nitrogen and oxygen atoms in total. The average Bonchev–Trinajstić information content (AvgIpc) is 2.24. The first-order valence-corrected chi connectivity index (χ1v) is 5.07. The van der Waals surface area contributed by atoms with E-state index in [1.807, 2.05) is 0 Å². The number of anilines is 1. The number of nitrogen functional groups attached to an aromatic ring is 1. The number of alkyl halides is 3. The number of methoxy groups -OCH3 is 1. The molecule has 0 heterocycles. The Morgan fingerprint density at radius 3 is 2.61 bits per heavy atom. The van der Waals surface area contributed by atoms with Gasteiger partial charge < -0.3 is 15.8 Å². The van der Waals surface area contributed by atoms with E-state index in [1.165, 1.54) is 13.2 Å². The summed E-state index contributed by atoms with van der Waals surface area (Å²) in [5.74, 6) is -0.600. The zero-order valence-corrected chi connectivity index (χ0v) is 9.67. The third kappa shape index (κ3) is 4.52. The van der Waals surface area contributed by atoms with E-state index in [0.717, 1.165) is 0 Å². The van der Waals surface area contributed by atoms with Crippen molar-refractivity contribution in [3.8, 4) is 5.75 Å². The maximum Gasteiger partial charge on any atom is 0.397 e. The van der Waals surface area contributed by atoms with Crippen molar-refractivity contribution in [2.45, 2.75) is 19.1 Å². The minimum atomic E-state index is -4.50. The Hall–Kier alpha value is -1.92. The molecule has 0 aliphatic rings. The van der Waals surface area contributed by atoms with Crippen LogP contribution >= 0.6 is 0 Å². The van der Waals surface area contributed by atoms with Crippen LogP contribution in [0.3, 0.4) is 0 Å². The number of rotatable bonds is 4. The molecule has 0 saturated carbocycles. The molecule has 0 saturated heterocycles. The minimum absolute atomic E-state index is 0.0108. The number of hydrogen-bond acceptors (Lipinski definition) is 3. The van der Waals surface area contributed by atoms with E-state index in [9.17, 15) is 18.0 Å². The predicted octanol–water partition coefficient (Wildman–Crippen LogP) is 1.85. The highest BCUT2D eigenvalue weighted by atomic mass is 19.4. The third-order valence-corrected chi connectivity index (χ3v) is 2.14. The lowest BCUT2D eigenvalue weighted by molar-refractivity contribution is -0.153. The summed E-state index contributed by atoms with van der Waals surface area (Å²) in [5, 5.41) is 2.16.